The van der Waals surface area contributed by atoms with E-state index in [1.165, 1.54) is 6.42 Å². The summed E-state index contributed by atoms with van der Waals surface area (Å²) in [7, 11) is 0. The molecule has 0 aliphatic carbocycles. The third-order valence-corrected chi connectivity index (χ3v) is 3.37. The van der Waals surface area contributed by atoms with Gasteiger partial charge in [-0.25, -0.2) is 4.98 Å². The first-order valence-electron chi connectivity index (χ1n) is 6.12. The van der Waals surface area contributed by atoms with E-state index in [2.05, 4.69) is 40.1 Å². The van der Waals surface area contributed by atoms with Gasteiger partial charge in [-0.15, -0.1) is 0 Å². The van der Waals surface area contributed by atoms with Gasteiger partial charge in [0.15, 0.2) is 0 Å². The number of hydrogen-bond donors (Lipinski definition) is 1. The van der Waals surface area contributed by atoms with Gasteiger partial charge < -0.3 is 14.3 Å². The maximum atomic E-state index is 5.38. The normalized spacial score (nSPS) is 25.0. The summed E-state index contributed by atoms with van der Waals surface area (Å²) in [5, 5.41) is 3.47. The van der Waals surface area contributed by atoms with Gasteiger partial charge in [0.25, 0.3) is 0 Å². The number of oxazole rings is 1. The van der Waals surface area contributed by atoms with Gasteiger partial charge in [0.05, 0.1) is 6.20 Å². The highest BCUT2D eigenvalue weighted by molar-refractivity contribution is 5.48. The van der Waals surface area contributed by atoms with Crippen molar-refractivity contribution in [3.63, 3.8) is 0 Å². The van der Waals surface area contributed by atoms with E-state index in [1.807, 2.05) is 0 Å². The topological polar surface area (TPSA) is 43.0 Å². The second-order valence-corrected chi connectivity index (χ2v) is 4.79. The van der Waals surface area contributed by atoms with Gasteiger partial charge in [0.1, 0.15) is 12.0 Å². The molecule has 17 heavy (non-hydrogen) atoms. The molecule has 0 radical (unpaired) electrons. The van der Waals surface area contributed by atoms with Crippen molar-refractivity contribution in [3.8, 4) is 11.6 Å². The zero-order valence-electron chi connectivity index (χ0n) is 9.97. The van der Waals surface area contributed by atoms with Crippen LogP contribution in [0.2, 0.25) is 0 Å². The molecule has 0 spiro atoms. The van der Waals surface area contributed by atoms with Gasteiger partial charge in [-0.05, 0) is 31.0 Å². The first-order valence-corrected chi connectivity index (χ1v) is 6.12. The van der Waals surface area contributed by atoms with Crippen LogP contribution < -0.4 is 5.32 Å². The van der Waals surface area contributed by atoms with Crippen LogP contribution in [-0.4, -0.2) is 22.6 Å². The fourth-order valence-electron chi connectivity index (χ4n) is 2.58. The van der Waals surface area contributed by atoms with Crippen LogP contribution in [-0.2, 0) is 0 Å². The lowest BCUT2D eigenvalue weighted by atomic mass is 9.97. The summed E-state index contributed by atoms with van der Waals surface area (Å²) in [6.45, 7) is 4.42. The first-order chi connectivity index (χ1) is 8.34. The minimum absolute atomic E-state index is 0.496. The van der Waals surface area contributed by atoms with Crippen LogP contribution >= 0.6 is 0 Å². The van der Waals surface area contributed by atoms with Gasteiger partial charge in [0.2, 0.25) is 5.89 Å². The molecule has 0 amide bonds. The molecule has 1 aliphatic rings. The number of piperidine rings is 1. The lowest BCUT2D eigenvalue weighted by molar-refractivity contribution is 0.302. The van der Waals surface area contributed by atoms with Crippen LogP contribution in [0, 0.1) is 5.92 Å². The molecule has 2 aromatic heterocycles. The van der Waals surface area contributed by atoms with Gasteiger partial charge in [0, 0.05) is 18.8 Å². The van der Waals surface area contributed by atoms with Crippen LogP contribution in [0.25, 0.3) is 11.6 Å². The molecule has 2 atom stereocenters. The standard InChI is InChI=1S/C13H17N3O/c1-10-7-11(9-14-8-10)16-5-2-3-12(16)13-15-4-6-17-13/h2-6,10-11,14H,7-9H2,1H3. The van der Waals surface area contributed by atoms with Gasteiger partial charge in [-0.2, -0.15) is 0 Å². The van der Waals surface area contributed by atoms with Crippen LogP contribution in [0.15, 0.2) is 35.2 Å². The van der Waals surface area contributed by atoms with E-state index >= 15 is 0 Å². The van der Waals surface area contributed by atoms with Crippen LogP contribution in [0.4, 0.5) is 0 Å². The lowest BCUT2D eigenvalue weighted by Gasteiger charge is -2.29. The fraction of sp³-hybridized carbons (Fsp3) is 0.462. The van der Waals surface area contributed by atoms with Crippen LogP contribution in [0.5, 0.6) is 0 Å². The monoisotopic (exact) mass is 231 g/mol. The zero-order valence-corrected chi connectivity index (χ0v) is 9.97. The third-order valence-electron chi connectivity index (χ3n) is 3.37. The Bertz CT molecular complexity index is 475. The number of hydrogen-bond acceptors (Lipinski definition) is 3. The van der Waals surface area contributed by atoms with E-state index in [9.17, 15) is 0 Å². The second-order valence-electron chi connectivity index (χ2n) is 4.79. The molecule has 2 aromatic rings. The van der Waals surface area contributed by atoms with Gasteiger partial charge in [-0.1, -0.05) is 6.92 Å². The third kappa shape index (κ3) is 2.00. The summed E-state index contributed by atoms with van der Waals surface area (Å²) >= 11 is 0. The molecule has 90 valence electrons. The molecule has 0 aromatic carbocycles. The molecule has 2 unspecified atom stereocenters. The highest BCUT2D eigenvalue weighted by Crippen LogP contribution is 2.27. The van der Waals surface area contributed by atoms with E-state index in [0.717, 1.165) is 18.8 Å². The van der Waals surface area contributed by atoms with Gasteiger partial charge in [-0.3, -0.25) is 0 Å². The SMILES string of the molecule is CC1CNCC(n2cccc2-c2ncco2)C1. The summed E-state index contributed by atoms with van der Waals surface area (Å²) in [6, 6.07) is 4.61. The lowest BCUT2D eigenvalue weighted by Crippen LogP contribution is -2.36. The maximum absolute atomic E-state index is 5.38. The molecule has 3 heterocycles. The van der Waals surface area contributed by atoms with E-state index in [-0.39, 0.29) is 0 Å². The first kappa shape index (κ1) is 10.6. The van der Waals surface area contributed by atoms with Crippen molar-refractivity contribution in [2.24, 2.45) is 5.92 Å². The summed E-state index contributed by atoms with van der Waals surface area (Å²) in [4.78, 5) is 4.23. The summed E-state index contributed by atoms with van der Waals surface area (Å²) in [5.41, 5.74) is 1.07. The molecule has 1 saturated heterocycles. The summed E-state index contributed by atoms with van der Waals surface area (Å²) in [6.07, 6.45) is 6.63. The van der Waals surface area contributed by atoms with E-state index in [0.29, 0.717) is 17.9 Å². The van der Waals surface area contributed by atoms with Crippen molar-refractivity contribution >= 4 is 0 Å². The van der Waals surface area contributed by atoms with Crippen molar-refractivity contribution in [1.29, 1.82) is 0 Å². The predicted octanol–water partition coefficient (Wildman–Crippen LogP) is 2.31. The van der Waals surface area contributed by atoms with Crippen molar-refractivity contribution in [2.75, 3.05) is 13.1 Å². The minimum atomic E-state index is 0.496. The zero-order chi connectivity index (χ0) is 11.7. The highest BCUT2D eigenvalue weighted by Gasteiger charge is 2.22. The minimum Gasteiger partial charge on any atom is -0.443 e. The fourth-order valence-corrected chi connectivity index (χ4v) is 2.58. The Labute approximate surface area is 101 Å². The second kappa shape index (κ2) is 4.37. The van der Waals surface area contributed by atoms with E-state index in [4.69, 9.17) is 4.42 Å². The summed E-state index contributed by atoms with van der Waals surface area (Å²) in [5.74, 6) is 1.42. The Morgan fingerprint density at radius 2 is 2.41 bits per heavy atom. The largest absolute Gasteiger partial charge is 0.443 e. The maximum Gasteiger partial charge on any atom is 0.242 e. The molecule has 4 heteroatoms. The number of nitrogens with zero attached hydrogens (tertiary/aromatic N) is 2. The Morgan fingerprint density at radius 3 is 3.18 bits per heavy atom. The molecule has 1 fully saturated rings. The molecular formula is C13H17N3O. The Morgan fingerprint density at radius 1 is 1.47 bits per heavy atom. The average Bonchev–Trinajstić information content (AvgIpc) is 3.00. The molecule has 4 nitrogen and oxygen atoms in total. The molecule has 1 N–H and O–H groups in total. The Hall–Kier alpha value is -1.55. The number of rotatable bonds is 2. The van der Waals surface area contributed by atoms with Crippen molar-refractivity contribution in [3.05, 3.63) is 30.8 Å². The molecule has 1 aliphatic heterocycles. The van der Waals surface area contributed by atoms with Crippen LogP contribution in [0.1, 0.15) is 19.4 Å². The quantitative estimate of drug-likeness (QED) is 0.862. The Kier molecular flexibility index (Phi) is 2.73. The average molecular weight is 231 g/mol. The van der Waals surface area contributed by atoms with Crippen molar-refractivity contribution < 1.29 is 4.42 Å². The number of nitrogens with one attached hydrogen (secondary N) is 1. The van der Waals surface area contributed by atoms with Crippen molar-refractivity contribution in [2.45, 2.75) is 19.4 Å². The van der Waals surface area contributed by atoms with E-state index < -0.39 is 0 Å². The Balaban J connectivity index is 1.91. The van der Waals surface area contributed by atoms with E-state index in [1.54, 1.807) is 12.5 Å². The molecule has 0 saturated carbocycles. The van der Waals surface area contributed by atoms with Crippen molar-refractivity contribution in [1.82, 2.24) is 14.9 Å². The van der Waals surface area contributed by atoms with Crippen LogP contribution in [0.3, 0.4) is 0 Å². The molecule has 3 rings (SSSR count). The van der Waals surface area contributed by atoms with Gasteiger partial charge >= 0.3 is 0 Å². The molecule has 0 bridgehead atoms. The smallest absolute Gasteiger partial charge is 0.242 e. The predicted molar refractivity (Wildman–Crippen MR) is 65.6 cm³/mol. The number of aromatic nitrogens is 2. The highest BCUT2D eigenvalue weighted by atomic mass is 16.3. The summed E-state index contributed by atoms with van der Waals surface area (Å²) < 4.78 is 7.66. The molecular weight excluding hydrogens is 214 g/mol.